The fourth-order valence-electron chi connectivity index (χ4n) is 3.89. The molecule has 0 spiro atoms. The smallest absolute Gasteiger partial charge is 0.356 e. The third-order valence-corrected chi connectivity index (χ3v) is 7.44. The zero-order valence-electron chi connectivity index (χ0n) is 17.0. The summed E-state index contributed by atoms with van der Waals surface area (Å²) in [6, 6.07) is 8.18. The van der Waals surface area contributed by atoms with Gasteiger partial charge in [-0.3, -0.25) is 4.99 Å². The van der Waals surface area contributed by atoms with E-state index < -0.39 is 15.5 Å². The molecular formula is C19H28F3IN4O2S. The van der Waals surface area contributed by atoms with Gasteiger partial charge in [0.05, 0.1) is 0 Å². The molecule has 170 valence electrons. The molecule has 1 aliphatic carbocycles. The van der Waals surface area contributed by atoms with Crippen LogP contribution in [0.2, 0.25) is 0 Å². The number of hydrogen-bond donors (Lipinski definition) is 2. The minimum Gasteiger partial charge on any atom is -0.356 e. The molecule has 2 aliphatic rings. The third-order valence-electron chi connectivity index (χ3n) is 5.81. The Hall–Kier alpha value is -1.08. The SMILES string of the molecule is CN=C(NCC1(c2ccccc2C)CC1)NC1CCN(S(=O)(=O)C(F)(F)F)CC1.I. The minimum atomic E-state index is -5.25. The number of guanidine groups is 1. The standard InChI is InChI=1S/C19H27F3N4O2S.HI/c1-14-5-3-4-6-16(14)18(9-10-18)13-24-17(23-2)25-15-7-11-26(12-8-15)29(27,28)19(20,21)22;/h3-6,15H,7-13H2,1-2H3,(H2,23,24,25);1H. The van der Waals surface area contributed by atoms with Crippen LogP contribution < -0.4 is 10.6 Å². The molecule has 1 aliphatic heterocycles. The number of nitrogens with one attached hydrogen (secondary N) is 2. The summed E-state index contributed by atoms with van der Waals surface area (Å²) in [4.78, 5) is 4.22. The van der Waals surface area contributed by atoms with Crippen LogP contribution in [-0.2, 0) is 15.4 Å². The molecule has 3 rings (SSSR count). The first kappa shape index (κ1) is 25.2. The van der Waals surface area contributed by atoms with Crippen molar-refractivity contribution in [3.8, 4) is 0 Å². The van der Waals surface area contributed by atoms with Gasteiger partial charge in [0.2, 0.25) is 0 Å². The predicted molar refractivity (Wildman–Crippen MR) is 122 cm³/mol. The van der Waals surface area contributed by atoms with Crippen LogP contribution in [0.3, 0.4) is 0 Å². The van der Waals surface area contributed by atoms with Crippen molar-refractivity contribution in [1.29, 1.82) is 0 Å². The van der Waals surface area contributed by atoms with Crippen molar-refractivity contribution >= 4 is 40.0 Å². The van der Waals surface area contributed by atoms with Crippen LogP contribution in [0.15, 0.2) is 29.3 Å². The molecule has 0 amide bonds. The molecule has 1 aromatic rings. The van der Waals surface area contributed by atoms with Gasteiger partial charge in [0.15, 0.2) is 5.96 Å². The number of alkyl halides is 3. The molecule has 1 saturated heterocycles. The summed E-state index contributed by atoms with van der Waals surface area (Å²) < 4.78 is 61.6. The Bertz CT molecular complexity index is 865. The van der Waals surface area contributed by atoms with Gasteiger partial charge >= 0.3 is 15.5 Å². The Balaban J connectivity index is 0.00000320. The maximum Gasteiger partial charge on any atom is 0.511 e. The van der Waals surface area contributed by atoms with Crippen LogP contribution >= 0.6 is 24.0 Å². The summed E-state index contributed by atoms with van der Waals surface area (Å²) in [5.41, 5.74) is -2.58. The molecule has 2 fully saturated rings. The number of halogens is 4. The molecular weight excluding hydrogens is 532 g/mol. The maximum atomic E-state index is 12.7. The lowest BCUT2D eigenvalue weighted by Gasteiger charge is -2.32. The number of aliphatic imine (C=N–C) groups is 1. The topological polar surface area (TPSA) is 73.8 Å². The van der Waals surface area contributed by atoms with Crippen LogP contribution in [0.5, 0.6) is 0 Å². The van der Waals surface area contributed by atoms with Crippen molar-refractivity contribution in [1.82, 2.24) is 14.9 Å². The predicted octanol–water partition coefficient (Wildman–Crippen LogP) is 3.12. The summed E-state index contributed by atoms with van der Waals surface area (Å²) in [5.74, 6) is 0.585. The van der Waals surface area contributed by atoms with Crippen molar-refractivity contribution in [3.05, 3.63) is 35.4 Å². The second-order valence-corrected chi connectivity index (χ2v) is 9.72. The van der Waals surface area contributed by atoms with Gasteiger partial charge in [-0.1, -0.05) is 24.3 Å². The van der Waals surface area contributed by atoms with E-state index in [1.807, 2.05) is 12.1 Å². The first-order valence-electron chi connectivity index (χ1n) is 9.69. The number of rotatable bonds is 5. The van der Waals surface area contributed by atoms with Gasteiger partial charge in [-0.2, -0.15) is 17.5 Å². The van der Waals surface area contributed by atoms with E-state index in [4.69, 9.17) is 0 Å². The first-order chi connectivity index (χ1) is 13.6. The van der Waals surface area contributed by atoms with Crippen LogP contribution in [0.1, 0.15) is 36.8 Å². The summed E-state index contributed by atoms with van der Waals surface area (Å²) in [6.07, 6.45) is 2.77. The number of benzene rings is 1. The van der Waals surface area contributed by atoms with Gasteiger partial charge in [-0.25, -0.2) is 8.42 Å². The van der Waals surface area contributed by atoms with Gasteiger partial charge in [0.1, 0.15) is 0 Å². The van der Waals surface area contributed by atoms with Crippen molar-refractivity contribution in [2.75, 3.05) is 26.7 Å². The molecule has 11 heteroatoms. The van der Waals surface area contributed by atoms with E-state index >= 15 is 0 Å². The van der Waals surface area contributed by atoms with Crippen LogP contribution in [0, 0.1) is 6.92 Å². The van der Waals surface area contributed by atoms with E-state index in [9.17, 15) is 21.6 Å². The fraction of sp³-hybridized carbons (Fsp3) is 0.632. The number of sulfonamides is 1. The van der Waals surface area contributed by atoms with Crippen molar-refractivity contribution in [3.63, 3.8) is 0 Å². The van der Waals surface area contributed by atoms with E-state index in [0.717, 1.165) is 19.4 Å². The Morgan fingerprint density at radius 3 is 2.33 bits per heavy atom. The number of piperidine rings is 1. The normalized spacial score (nSPS) is 20.4. The second kappa shape index (κ2) is 9.60. The third kappa shape index (κ3) is 5.39. The quantitative estimate of drug-likeness (QED) is 0.330. The highest BCUT2D eigenvalue weighted by Gasteiger charge is 2.50. The lowest BCUT2D eigenvalue weighted by molar-refractivity contribution is -0.0494. The molecule has 0 atom stereocenters. The molecule has 1 saturated carbocycles. The van der Waals surface area contributed by atoms with Crippen molar-refractivity contribution in [2.24, 2.45) is 4.99 Å². The number of hydrogen-bond acceptors (Lipinski definition) is 3. The lowest BCUT2D eigenvalue weighted by Crippen LogP contribution is -2.52. The molecule has 0 bridgehead atoms. The molecule has 1 aromatic carbocycles. The van der Waals surface area contributed by atoms with Gasteiger partial charge in [0, 0.05) is 38.1 Å². The maximum absolute atomic E-state index is 12.7. The number of aryl methyl sites for hydroxylation is 1. The monoisotopic (exact) mass is 560 g/mol. The molecule has 0 unspecified atom stereocenters. The Kier molecular flexibility index (Phi) is 8.05. The number of nitrogens with zero attached hydrogens (tertiary/aromatic N) is 2. The average molecular weight is 560 g/mol. The molecule has 6 nitrogen and oxygen atoms in total. The highest BCUT2D eigenvalue weighted by atomic mass is 127. The van der Waals surface area contributed by atoms with E-state index in [2.05, 4.69) is 34.7 Å². The Labute approximate surface area is 192 Å². The molecule has 0 aromatic heterocycles. The van der Waals surface area contributed by atoms with E-state index in [-0.39, 0.29) is 48.5 Å². The van der Waals surface area contributed by atoms with E-state index in [1.54, 1.807) is 7.05 Å². The van der Waals surface area contributed by atoms with Gasteiger partial charge in [-0.15, -0.1) is 24.0 Å². The summed E-state index contributed by atoms with van der Waals surface area (Å²) >= 11 is 0. The lowest BCUT2D eigenvalue weighted by atomic mass is 9.92. The highest BCUT2D eigenvalue weighted by Crippen LogP contribution is 2.48. The van der Waals surface area contributed by atoms with Gasteiger partial charge in [0.25, 0.3) is 0 Å². The molecule has 1 heterocycles. The molecule has 30 heavy (non-hydrogen) atoms. The highest BCUT2D eigenvalue weighted by molar-refractivity contribution is 14.0. The summed E-state index contributed by atoms with van der Waals surface area (Å²) in [5, 5.41) is 6.56. The fourth-order valence-corrected chi connectivity index (χ4v) is 4.87. The minimum absolute atomic E-state index is 0. The largest absolute Gasteiger partial charge is 0.511 e. The zero-order chi connectivity index (χ0) is 21.3. The summed E-state index contributed by atoms with van der Waals surface area (Å²) in [7, 11) is -3.61. The molecule has 0 radical (unpaired) electrons. The van der Waals surface area contributed by atoms with Crippen molar-refractivity contribution in [2.45, 2.75) is 49.6 Å². The zero-order valence-corrected chi connectivity index (χ0v) is 20.1. The second-order valence-electron chi connectivity index (χ2n) is 7.79. The molecule has 2 N–H and O–H groups in total. The van der Waals surface area contributed by atoms with Crippen LogP contribution in [-0.4, -0.2) is 56.9 Å². The Morgan fingerprint density at radius 2 is 1.83 bits per heavy atom. The Morgan fingerprint density at radius 1 is 1.23 bits per heavy atom. The summed E-state index contributed by atoms with van der Waals surface area (Å²) in [6.45, 7) is 2.50. The van der Waals surface area contributed by atoms with Crippen LogP contribution in [0.4, 0.5) is 13.2 Å². The average Bonchev–Trinajstić information content (AvgIpc) is 3.46. The first-order valence-corrected chi connectivity index (χ1v) is 11.1. The van der Waals surface area contributed by atoms with E-state index in [1.165, 1.54) is 11.1 Å². The van der Waals surface area contributed by atoms with Crippen molar-refractivity contribution < 1.29 is 21.6 Å². The van der Waals surface area contributed by atoms with Gasteiger partial charge in [-0.05, 0) is 43.7 Å². The van der Waals surface area contributed by atoms with Crippen LogP contribution in [0.25, 0.3) is 0 Å². The van der Waals surface area contributed by atoms with E-state index in [0.29, 0.717) is 23.1 Å². The van der Waals surface area contributed by atoms with Gasteiger partial charge < -0.3 is 10.6 Å².